The normalized spacial score (nSPS) is 19.5. The van der Waals surface area contributed by atoms with Gasteiger partial charge in [-0.05, 0) is 38.1 Å². The van der Waals surface area contributed by atoms with Gasteiger partial charge >= 0.3 is 0 Å². The average Bonchev–Trinajstić information content (AvgIpc) is 3.35. The molecule has 3 aromatic rings. The Morgan fingerprint density at radius 3 is 2.77 bits per heavy atom. The van der Waals surface area contributed by atoms with E-state index < -0.39 is 0 Å². The van der Waals surface area contributed by atoms with Crippen molar-refractivity contribution in [3.8, 4) is 11.3 Å². The number of hydrogen-bond acceptors (Lipinski definition) is 6. The fraction of sp³-hybridized carbons (Fsp3) is 0.391. The molecule has 0 spiro atoms. The van der Waals surface area contributed by atoms with Gasteiger partial charge in [-0.25, -0.2) is 9.37 Å². The van der Waals surface area contributed by atoms with E-state index in [-0.39, 0.29) is 30.4 Å². The van der Waals surface area contributed by atoms with Gasteiger partial charge in [-0.2, -0.15) is 0 Å². The van der Waals surface area contributed by atoms with Crippen LogP contribution in [0.4, 0.5) is 9.52 Å². The SMILES string of the molecule is CC1CN(Cc2csc(NC(=O)CCc3ccc(-c4ccccc4F)o3)n2)CC(C)O1. The first-order chi connectivity index (χ1) is 15.0. The van der Waals surface area contributed by atoms with Crippen molar-refractivity contribution in [3.63, 3.8) is 0 Å². The Morgan fingerprint density at radius 2 is 2.00 bits per heavy atom. The number of ether oxygens (including phenoxy) is 1. The number of nitrogens with zero attached hydrogens (tertiary/aromatic N) is 2. The molecule has 1 N–H and O–H groups in total. The smallest absolute Gasteiger partial charge is 0.226 e. The Bertz CT molecular complexity index is 1020. The van der Waals surface area contributed by atoms with Crippen molar-refractivity contribution in [2.75, 3.05) is 18.4 Å². The summed E-state index contributed by atoms with van der Waals surface area (Å²) in [5, 5.41) is 5.44. The maximum atomic E-state index is 13.9. The lowest BCUT2D eigenvalue weighted by Gasteiger charge is -2.34. The van der Waals surface area contributed by atoms with Crippen LogP contribution in [0.15, 0.2) is 46.2 Å². The number of aryl methyl sites for hydroxylation is 1. The number of hydrogen-bond donors (Lipinski definition) is 1. The first-order valence-electron chi connectivity index (χ1n) is 10.4. The Hall–Kier alpha value is -2.55. The van der Waals surface area contributed by atoms with Crippen LogP contribution in [0, 0.1) is 5.82 Å². The second kappa shape index (κ2) is 9.72. The van der Waals surface area contributed by atoms with Crippen molar-refractivity contribution in [2.45, 2.75) is 45.4 Å². The number of anilines is 1. The molecule has 6 nitrogen and oxygen atoms in total. The summed E-state index contributed by atoms with van der Waals surface area (Å²) in [6, 6.07) is 9.97. The summed E-state index contributed by atoms with van der Waals surface area (Å²) >= 11 is 1.43. The monoisotopic (exact) mass is 443 g/mol. The first-order valence-corrected chi connectivity index (χ1v) is 11.3. The van der Waals surface area contributed by atoms with Crippen molar-refractivity contribution in [2.24, 2.45) is 0 Å². The van der Waals surface area contributed by atoms with E-state index in [2.05, 4.69) is 29.0 Å². The van der Waals surface area contributed by atoms with E-state index in [4.69, 9.17) is 9.15 Å². The zero-order valence-electron chi connectivity index (χ0n) is 17.6. The highest BCUT2D eigenvalue weighted by Crippen LogP contribution is 2.25. The molecule has 164 valence electrons. The van der Waals surface area contributed by atoms with E-state index in [1.165, 1.54) is 17.4 Å². The zero-order valence-corrected chi connectivity index (χ0v) is 18.5. The van der Waals surface area contributed by atoms with Crippen LogP contribution in [-0.4, -0.2) is 41.1 Å². The molecule has 2 aromatic heterocycles. The second-order valence-corrected chi connectivity index (χ2v) is 8.75. The topological polar surface area (TPSA) is 67.6 Å². The predicted molar refractivity (Wildman–Crippen MR) is 118 cm³/mol. The summed E-state index contributed by atoms with van der Waals surface area (Å²) in [6.45, 7) is 6.65. The van der Waals surface area contributed by atoms with Crippen LogP contribution in [-0.2, 0) is 22.5 Å². The standard InChI is InChI=1S/C23H26FN3O3S/c1-15-11-27(12-16(2)29-15)13-17-14-31-23(25-17)26-22(28)10-8-18-7-9-21(30-18)19-5-3-4-6-20(19)24/h3-7,9,14-16H,8,10-13H2,1-2H3,(H,25,26,28). The number of carbonyl (C=O) groups is 1. The molecule has 1 aliphatic rings. The van der Waals surface area contributed by atoms with Crippen molar-refractivity contribution >= 4 is 22.4 Å². The van der Waals surface area contributed by atoms with Gasteiger partial charge in [0.25, 0.3) is 0 Å². The average molecular weight is 444 g/mol. The number of halogens is 1. The van der Waals surface area contributed by atoms with Crippen molar-refractivity contribution in [1.82, 2.24) is 9.88 Å². The van der Waals surface area contributed by atoms with Gasteiger partial charge in [0.1, 0.15) is 17.3 Å². The number of benzene rings is 1. The summed E-state index contributed by atoms with van der Waals surface area (Å²) in [5.74, 6) is 0.647. The van der Waals surface area contributed by atoms with Gasteiger partial charge in [0.15, 0.2) is 5.13 Å². The first kappa shape index (κ1) is 21.7. The third-order valence-corrected chi connectivity index (χ3v) is 5.88. The van der Waals surface area contributed by atoms with Crippen molar-refractivity contribution in [1.29, 1.82) is 0 Å². The van der Waals surface area contributed by atoms with Crippen LogP contribution in [0.25, 0.3) is 11.3 Å². The number of furan rings is 1. The fourth-order valence-corrected chi connectivity index (χ4v) is 4.53. The number of rotatable bonds is 7. The summed E-state index contributed by atoms with van der Waals surface area (Å²) < 4.78 is 25.4. The van der Waals surface area contributed by atoms with E-state index in [1.54, 1.807) is 30.3 Å². The number of aromatic nitrogens is 1. The van der Waals surface area contributed by atoms with E-state index in [9.17, 15) is 9.18 Å². The molecule has 1 amide bonds. The third-order valence-electron chi connectivity index (χ3n) is 5.08. The maximum absolute atomic E-state index is 13.9. The number of nitrogens with one attached hydrogen (secondary N) is 1. The Balaban J connectivity index is 1.27. The molecular formula is C23H26FN3O3S. The van der Waals surface area contributed by atoms with Gasteiger partial charge in [0.05, 0.1) is 23.5 Å². The summed E-state index contributed by atoms with van der Waals surface area (Å²) in [6.07, 6.45) is 1.11. The predicted octanol–water partition coefficient (Wildman–Crippen LogP) is 4.72. The van der Waals surface area contributed by atoms with Gasteiger partial charge in [0.2, 0.25) is 5.91 Å². The molecule has 31 heavy (non-hydrogen) atoms. The van der Waals surface area contributed by atoms with Crippen molar-refractivity contribution < 1.29 is 18.3 Å². The lowest BCUT2D eigenvalue weighted by atomic mass is 10.1. The van der Waals surface area contributed by atoms with Crippen LogP contribution < -0.4 is 5.32 Å². The molecule has 0 radical (unpaired) electrons. The quantitative estimate of drug-likeness (QED) is 0.572. The molecule has 1 aromatic carbocycles. The minimum Gasteiger partial charge on any atom is -0.461 e. The molecule has 1 fully saturated rings. The van der Waals surface area contributed by atoms with E-state index >= 15 is 0 Å². The third kappa shape index (κ3) is 5.78. The molecule has 0 bridgehead atoms. The molecule has 1 aliphatic heterocycles. The van der Waals surface area contributed by atoms with Crippen molar-refractivity contribution in [3.05, 3.63) is 59.0 Å². The molecule has 0 aliphatic carbocycles. The van der Waals surface area contributed by atoms with E-state index in [0.717, 1.165) is 25.3 Å². The van der Waals surface area contributed by atoms with E-state index in [0.29, 0.717) is 28.6 Å². The minimum absolute atomic E-state index is 0.127. The van der Waals surface area contributed by atoms with Crippen LogP contribution >= 0.6 is 11.3 Å². The molecule has 2 atom stereocenters. The summed E-state index contributed by atoms with van der Waals surface area (Å²) in [5.41, 5.74) is 1.36. The van der Waals surface area contributed by atoms with Gasteiger partial charge < -0.3 is 14.5 Å². The highest BCUT2D eigenvalue weighted by atomic mass is 32.1. The molecule has 0 saturated carbocycles. The van der Waals surface area contributed by atoms with Gasteiger partial charge in [0, 0.05) is 37.9 Å². The highest BCUT2D eigenvalue weighted by molar-refractivity contribution is 7.13. The minimum atomic E-state index is -0.332. The molecule has 8 heteroatoms. The van der Waals surface area contributed by atoms with Gasteiger partial charge in [-0.3, -0.25) is 9.69 Å². The molecule has 2 unspecified atom stereocenters. The van der Waals surface area contributed by atoms with E-state index in [1.807, 2.05) is 5.38 Å². The largest absolute Gasteiger partial charge is 0.461 e. The Labute approximate surface area is 185 Å². The maximum Gasteiger partial charge on any atom is 0.226 e. The Kier molecular flexibility index (Phi) is 6.80. The lowest BCUT2D eigenvalue weighted by Crippen LogP contribution is -2.44. The fourth-order valence-electron chi connectivity index (χ4n) is 3.82. The molecular weight excluding hydrogens is 417 g/mol. The highest BCUT2D eigenvalue weighted by Gasteiger charge is 2.22. The molecule has 4 rings (SSSR count). The lowest BCUT2D eigenvalue weighted by molar-refractivity contribution is -0.116. The van der Waals surface area contributed by atoms with Gasteiger partial charge in [-0.1, -0.05) is 12.1 Å². The van der Waals surface area contributed by atoms with Crippen LogP contribution in [0.2, 0.25) is 0 Å². The Morgan fingerprint density at radius 1 is 1.23 bits per heavy atom. The number of amides is 1. The molecule has 3 heterocycles. The summed E-state index contributed by atoms with van der Waals surface area (Å²) in [7, 11) is 0. The van der Waals surface area contributed by atoms with Crippen LogP contribution in [0.1, 0.15) is 31.7 Å². The number of carbonyl (C=O) groups excluding carboxylic acids is 1. The zero-order chi connectivity index (χ0) is 21.8. The second-order valence-electron chi connectivity index (χ2n) is 7.89. The molecule has 1 saturated heterocycles. The number of thiazole rings is 1. The number of morpholine rings is 1. The van der Waals surface area contributed by atoms with Gasteiger partial charge in [-0.15, -0.1) is 11.3 Å². The summed E-state index contributed by atoms with van der Waals surface area (Å²) in [4.78, 5) is 19.2. The van der Waals surface area contributed by atoms with Crippen LogP contribution in [0.5, 0.6) is 0 Å². The van der Waals surface area contributed by atoms with Crippen LogP contribution in [0.3, 0.4) is 0 Å².